The second kappa shape index (κ2) is 11.5. The number of ether oxygens (including phenoxy) is 2. The zero-order chi connectivity index (χ0) is 21.2. The van der Waals surface area contributed by atoms with E-state index in [4.69, 9.17) is 9.47 Å². The summed E-state index contributed by atoms with van der Waals surface area (Å²) < 4.78 is 10.8. The highest BCUT2D eigenvalue weighted by molar-refractivity contribution is 8.02. The Bertz CT molecular complexity index is 772. The molecule has 1 aliphatic heterocycles. The van der Waals surface area contributed by atoms with Gasteiger partial charge in [-0.1, -0.05) is 30.4 Å². The van der Waals surface area contributed by atoms with Crippen LogP contribution in [-0.2, 0) is 14.3 Å². The Kier molecular flexibility index (Phi) is 9.02. The van der Waals surface area contributed by atoms with E-state index in [2.05, 4.69) is 0 Å². The van der Waals surface area contributed by atoms with Crippen LogP contribution in [-0.4, -0.2) is 62.1 Å². The number of thioether (sulfide) groups is 1. The van der Waals surface area contributed by atoms with Crippen LogP contribution < -0.4 is 4.74 Å². The van der Waals surface area contributed by atoms with Crippen LogP contribution in [0.25, 0.3) is 0 Å². The molecule has 0 bridgehead atoms. The molecule has 156 valence electrons. The average molecular weight is 417 g/mol. The normalized spacial score (nSPS) is 23.2. The summed E-state index contributed by atoms with van der Waals surface area (Å²) in [6.45, 7) is 2.50. The van der Waals surface area contributed by atoms with E-state index >= 15 is 0 Å². The molecule has 1 aromatic rings. The second-order valence-electron chi connectivity index (χ2n) is 6.75. The molecule has 0 spiro atoms. The van der Waals surface area contributed by atoms with Crippen molar-refractivity contribution in [3.8, 4) is 5.75 Å². The molecular weight excluding hydrogens is 388 g/mol. The average Bonchev–Trinajstić information content (AvgIpc) is 2.72. The number of methoxy groups -OCH3 is 1. The Morgan fingerprint density at radius 2 is 1.83 bits per heavy atom. The molecule has 0 radical (unpaired) electrons. The minimum absolute atomic E-state index is 0.254. The van der Waals surface area contributed by atoms with E-state index in [1.54, 1.807) is 24.3 Å². The van der Waals surface area contributed by atoms with Crippen molar-refractivity contribution in [2.45, 2.75) is 18.3 Å². The minimum atomic E-state index is -0.958. The largest absolute Gasteiger partial charge is 0.497 e. The van der Waals surface area contributed by atoms with Crippen LogP contribution >= 0.6 is 11.8 Å². The van der Waals surface area contributed by atoms with Crippen molar-refractivity contribution in [1.82, 2.24) is 9.80 Å². The highest BCUT2D eigenvalue weighted by Gasteiger charge is 2.35. The Labute approximate surface area is 176 Å². The van der Waals surface area contributed by atoms with Crippen molar-refractivity contribution >= 4 is 23.6 Å². The Hall–Kier alpha value is -2.51. The van der Waals surface area contributed by atoms with Gasteiger partial charge in [0.25, 0.3) is 5.91 Å². The molecule has 29 heavy (non-hydrogen) atoms. The fourth-order valence-corrected chi connectivity index (χ4v) is 3.71. The van der Waals surface area contributed by atoms with Crippen LogP contribution in [0.1, 0.15) is 17.7 Å². The summed E-state index contributed by atoms with van der Waals surface area (Å²) in [5.41, 5.74) is 0.875. The van der Waals surface area contributed by atoms with Crippen LogP contribution in [0.15, 0.2) is 60.2 Å². The number of benzene rings is 1. The van der Waals surface area contributed by atoms with Crippen molar-refractivity contribution < 1.29 is 19.1 Å². The van der Waals surface area contributed by atoms with Gasteiger partial charge in [0, 0.05) is 26.2 Å². The first kappa shape index (κ1) is 22.8. The molecule has 2 rings (SSSR count). The molecule has 2 unspecified atom stereocenters. The zero-order valence-corrected chi connectivity index (χ0v) is 18.1. The minimum Gasteiger partial charge on any atom is -0.497 e. The highest BCUT2D eigenvalue weighted by atomic mass is 32.2. The number of nitrogens with zero attached hydrogens (tertiary/aromatic N) is 2. The zero-order valence-electron chi connectivity index (χ0n) is 17.3. The topological polar surface area (TPSA) is 59.1 Å². The Balaban J connectivity index is 2.44. The fourth-order valence-electron chi connectivity index (χ4n) is 2.73. The molecule has 0 saturated carbocycles. The lowest BCUT2D eigenvalue weighted by molar-refractivity contribution is -0.157. The van der Waals surface area contributed by atoms with E-state index < -0.39 is 17.3 Å². The van der Waals surface area contributed by atoms with Gasteiger partial charge in [-0.25, -0.2) is 0 Å². The molecule has 1 aliphatic rings. The summed E-state index contributed by atoms with van der Waals surface area (Å²) in [5, 5.41) is 1.51. The standard InChI is InChI=1S/C22H28N2O4S/c1-17(25)28-20-21(18-9-11-19(27-4)12-10-18)29-16-8-6-5-7-13-24(22(20)26)15-14-23(2)3/h5-13,16,20-21H,14-15H2,1-4H3/b6-5-,13-7+,16-8+. The SMILES string of the molecule is COc1ccc(C2S/C=C/C=C\C=C\N(CCN(C)C)C(=O)C2OC(C)=O)cc1. The van der Waals surface area contributed by atoms with E-state index in [0.717, 1.165) is 11.3 Å². The van der Waals surface area contributed by atoms with Crippen molar-refractivity contribution in [1.29, 1.82) is 0 Å². The third-order valence-corrected chi connectivity index (χ3v) is 5.36. The highest BCUT2D eigenvalue weighted by Crippen LogP contribution is 2.36. The van der Waals surface area contributed by atoms with Crippen molar-refractivity contribution in [2.24, 2.45) is 0 Å². The smallest absolute Gasteiger partial charge is 0.303 e. The maximum atomic E-state index is 13.4. The molecule has 2 atom stereocenters. The summed E-state index contributed by atoms with van der Waals surface area (Å²) in [5.74, 6) is -0.0221. The number of hydrogen-bond donors (Lipinski definition) is 0. The lowest BCUT2D eigenvalue weighted by atomic mass is 10.1. The maximum Gasteiger partial charge on any atom is 0.303 e. The van der Waals surface area contributed by atoms with Gasteiger partial charge in [-0.15, -0.1) is 11.8 Å². The molecule has 1 amide bonds. The van der Waals surface area contributed by atoms with E-state index in [-0.39, 0.29) is 5.91 Å². The number of hydrogen-bond acceptors (Lipinski definition) is 6. The van der Waals surface area contributed by atoms with E-state index in [9.17, 15) is 9.59 Å². The molecule has 0 fully saturated rings. The molecule has 1 heterocycles. The lowest BCUT2D eigenvalue weighted by Gasteiger charge is -2.30. The summed E-state index contributed by atoms with van der Waals surface area (Å²) >= 11 is 1.44. The van der Waals surface area contributed by atoms with Gasteiger partial charge in [-0.2, -0.15) is 0 Å². The third-order valence-electron chi connectivity index (χ3n) is 4.23. The molecular formula is C22H28N2O4S. The van der Waals surface area contributed by atoms with E-state index in [1.165, 1.54) is 18.7 Å². The number of rotatable bonds is 6. The lowest BCUT2D eigenvalue weighted by Crippen LogP contribution is -2.43. The second-order valence-corrected chi connectivity index (χ2v) is 7.80. The monoisotopic (exact) mass is 416 g/mol. The van der Waals surface area contributed by atoms with Gasteiger partial charge >= 0.3 is 5.97 Å². The first-order valence-corrected chi connectivity index (χ1v) is 10.3. The van der Waals surface area contributed by atoms with Crippen LogP contribution in [0.3, 0.4) is 0 Å². The molecule has 7 heteroatoms. The van der Waals surface area contributed by atoms with Gasteiger partial charge in [0.1, 0.15) is 5.75 Å². The quantitative estimate of drug-likeness (QED) is 0.663. The Morgan fingerprint density at radius 1 is 1.14 bits per heavy atom. The summed E-state index contributed by atoms with van der Waals surface area (Å²) in [4.78, 5) is 28.9. The fraction of sp³-hybridized carbons (Fsp3) is 0.364. The number of amides is 1. The third kappa shape index (κ3) is 7.11. The number of allylic oxidation sites excluding steroid dienone is 4. The number of likely N-dealkylation sites (N-methyl/N-ethyl adjacent to an activating group) is 1. The van der Waals surface area contributed by atoms with Crippen molar-refractivity contribution in [2.75, 3.05) is 34.3 Å². The molecule has 1 aromatic carbocycles. The number of carbonyl (C=O) groups excluding carboxylic acids is 2. The first-order chi connectivity index (χ1) is 13.9. The predicted molar refractivity (Wildman–Crippen MR) is 117 cm³/mol. The van der Waals surface area contributed by atoms with E-state index in [0.29, 0.717) is 13.1 Å². The first-order valence-electron chi connectivity index (χ1n) is 9.34. The van der Waals surface area contributed by atoms with Crippen LogP contribution in [0.2, 0.25) is 0 Å². The molecule has 0 aromatic heterocycles. The molecule has 6 nitrogen and oxygen atoms in total. The van der Waals surface area contributed by atoms with Crippen LogP contribution in [0, 0.1) is 0 Å². The molecule has 0 N–H and O–H groups in total. The predicted octanol–water partition coefficient (Wildman–Crippen LogP) is 3.39. The van der Waals surface area contributed by atoms with Gasteiger partial charge < -0.3 is 19.3 Å². The van der Waals surface area contributed by atoms with Crippen LogP contribution in [0.4, 0.5) is 0 Å². The van der Waals surface area contributed by atoms with Crippen LogP contribution in [0.5, 0.6) is 5.75 Å². The van der Waals surface area contributed by atoms with Crippen molar-refractivity contribution in [3.05, 3.63) is 65.7 Å². The van der Waals surface area contributed by atoms with Gasteiger partial charge in [-0.05, 0) is 43.3 Å². The maximum absolute atomic E-state index is 13.4. The van der Waals surface area contributed by atoms with E-state index in [1.807, 2.05) is 66.9 Å². The Morgan fingerprint density at radius 3 is 2.45 bits per heavy atom. The van der Waals surface area contributed by atoms with Gasteiger partial charge in [0.2, 0.25) is 0 Å². The summed E-state index contributed by atoms with van der Waals surface area (Å²) in [6, 6.07) is 7.46. The van der Waals surface area contributed by atoms with Gasteiger partial charge in [-0.3, -0.25) is 9.59 Å². The number of esters is 1. The number of carbonyl (C=O) groups is 2. The van der Waals surface area contributed by atoms with Crippen molar-refractivity contribution in [3.63, 3.8) is 0 Å². The summed E-state index contributed by atoms with van der Waals surface area (Å²) in [7, 11) is 5.50. The molecule has 0 aliphatic carbocycles. The molecule has 0 saturated heterocycles. The summed E-state index contributed by atoms with van der Waals surface area (Å²) in [6.07, 6.45) is 8.24. The van der Waals surface area contributed by atoms with Gasteiger partial charge in [0.15, 0.2) is 6.10 Å². The van der Waals surface area contributed by atoms with Gasteiger partial charge in [0.05, 0.1) is 12.4 Å².